The summed E-state index contributed by atoms with van der Waals surface area (Å²) in [7, 11) is 0. The Morgan fingerprint density at radius 2 is 2.07 bits per heavy atom. The summed E-state index contributed by atoms with van der Waals surface area (Å²) in [6.07, 6.45) is 0.282. The molecular weight excluding hydrogens is 196 g/mol. The first kappa shape index (κ1) is 11.3. The fraction of sp³-hybridized carbons (Fsp3) is 0.300. The van der Waals surface area contributed by atoms with Gasteiger partial charge in [-0.1, -0.05) is 6.07 Å². The highest BCUT2D eigenvalue weighted by molar-refractivity contribution is 5.73. The summed E-state index contributed by atoms with van der Waals surface area (Å²) in [5, 5.41) is 21.2. The Bertz CT molecular complexity index is 353. The van der Waals surface area contributed by atoms with Gasteiger partial charge in [0.15, 0.2) is 11.5 Å². The van der Waals surface area contributed by atoms with Gasteiger partial charge in [-0.3, -0.25) is 4.79 Å². The van der Waals surface area contributed by atoms with E-state index in [9.17, 15) is 9.90 Å². The molecule has 82 valence electrons. The number of carbonyl (C=O) groups is 1. The number of benzene rings is 1. The van der Waals surface area contributed by atoms with Gasteiger partial charge in [0.2, 0.25) is 5.91 Å². The normalized spacial score (nSPS) is 10.1. The smallest absolute Gasteiger partial charge is 0.218 e. The molecule has 5 heteroatoms. The second-order valence-electron chi connectivity index (χ2n) is 3.22. The maximum Gasteiger partial charge on any atom is 0.218 e. The van der Waals surface area contributed by atoms with E-state index in [-0.39, 0.29) is 23.8 Å². The van der Waals surface area contributed by atoms with Crippen LogP contribution in [-0.4, -0.2) is 22.7 Å². The number of hydrogen-bond donors (Lipinski definition) is 4. The quantitative estimate of drug-likeness (QED) is 0.408. The van der Waals surface area contributed by atoms with Gasteiger partial charge in [0.25, 0.3) is 0 Å². The van der Waals surface area contributed by atoms with E-state index in [0.29, 0.717) is 13.1 Å². The largest absolute Gasteiger partial charge is 0.504 e. The molecule has 0 saturated carbocycles. The molecule has 0 saturated heterocycles. The van der Waals surface area contributed by atoms with Gasteiger partial charge in [-0.25, -0.2) is 0 Å². The molecule has 0 atom stereocenters. The van der Waals surface area contributed by atoms with Crippen LogP contribution < -0.4 is 11.1 Å². The molecule has 0 heterocycles. The molecule has 5 N–H and O–H groups in total. The Morgan fingerprint density at radius 1 is 1.33 bits per heavy atom. The first-order valence-electron chi connectivity index (χ1n) is 4.59. The molecule has 0 radical (unpaired) electrons. The Morgan fingerprint density at radius 3 is 2.67 bits per heavy atom. The zero-order valence-corrected chi connectivity index (χ0v) is 8.23. The van der Waals surface area contributed by atoms with Gasteiger partial charge in [-0.15, -0.1) is 0 Å². The molecule has 1 aromatic carbocycles. The fourth-order valence-corrected chi connectivity index (χ4v) is 1.12. The van der Waals surface area contributed by atoms with Crippen LogP contribution in [0.3, 0.4) is 0 Å². The van der Waals surface area contributed by atoms with Gasteiger partial charge in [0.1, 0.15) is 0 Å². The molecule has 0 aliphatic heterocycles. The topological polar surface area (TPSA) is 95.6 Å². The predicted molar refractivity (Wildman–Crippen MR) is 55.3 cm³/mol. The van der Waals surface area contributed by atoms with Crippen molar-refractivity contribution in [3.63, 3.8) is 0 Å². The summed E-state index contributed by atoms with van der Waals surface area (Å²) in [6, 6.07) is 4.57. The minimum Gasteiger partial charge on any atom is -0.504 e. The second kappa shape index (κ2) is 5.21. The van der Waals surface area contributed by atoms with Crippen LogP contribution in [0.4, 0.5) is 0 Å². The molecule has 0 aromatic heterocycles. The van der Waals surface area contributed by atoms with E-state index in [0.717, 1.165) is 5.56 Å². The van der Waals surface area contributed by atoms with E-state index in [4.69, 9.17) is 10.8 Å². The third kappa shape index (κ3) is 3.86. The molecule has 0 aliphatic rings. The summed E-state index contributed by atoms with van der Waals surface area (Å²) in [6.45, 7) is 1.01. The Kier molecular flexibility index (Phi) is 3.93. The Hall–Kier alpha value is -1.75. The minimum absolute atomic E-state index is 0.143. The zero-order chi connectivity index (χ0) is 11.3. The first-order chi connectivity index (χ1) is 7.09. The third-order valence-corrected chi connectivity index (χ3v) is 1.92. The van der Waals surface area contributed by atoms with E-state index in [2.05, 4.69) is 5.32 Å². The van der Waals surface area contributed by atoms with Gasteiger partial charge in [0, 0.05) is 19.5 Å². The van der Waals surface area contributed by atoms with E-state index < -0.39 is 0 Å². The second-order valence-corrected chi connectivity index (χ2v) is 3.22. The number of hydrogen-bond acceptors (Lipinski definition) is 4. The standard InChI is InChI=1S/C10H14N2O3/c11-10(15)3-4-12-6-7-1-2-8(13)9(14)5-7/h1-2,5,12-14H,3-4,6H2,(H2,11,15). The van der Waals surface area contributed by atoms with Crippen molar-refractivity contribution in [1.82, 2.24) is 5.32 Å². The number of nitrogens with one attached hydrogen (secondary N) is 1. The number of amides is 1. The molecule has 0 spiro atoms. The number of phenolic OH excluding ortho intramolecular Hbond substituents is 2. The van der Waals surface area contributed by atoms with Crippen LogP contribution in [-0.2, 0) is 11.3 Å². The van der Waals surface area contributed by atoms with Crippen molar-refractivity contribution in [3.05, 3.63) is 23.8 Å². The molecule has 1 rings (SSSR count). The molecular formula is C10H14N2O3. The van der Waals surface area contributed by atoms with Crippen LogP contribution >= 0.6 is 0 Å². The van der Waals surface area contributed by atoms with Crippen molar-refractivity contribution in [2.24, 2.45) is 5.73 Å². The average molecular weight is 210 g/mol. The number of aromatic hydroxyl groups is 2. The highest BCUT2D eigenvalue weighted by Gasteiger charge is 2.00. The molecule has 0 bridgehead atoms. The van der Waals surface area contributed by atoms with E-state index in [1.165, 1.54) is 12.1 Å². The van der Waals surface area contributed by atoms with Crippen LogP contribution in [0.1, 0.15) is 12.0 Å². The fourth-order valence-electron chi connectivity index (χ4n) is 1.12. The molecule has 0 unspecified atom stereocenters. The van der Waals surface area contributed by atoms with Crippen molar-refractivity contribution >= 4 is 5.91 Å². The van der Waals surface area contributed by atoms with Crippen molar-refractivity contribution < 1.29 is 15.0 Å². The summed E-state index contributed by atoms with van der Waals surface area (Å²) in [4.78, 5) is 10.4. The lowest BCUT2D eigenvalue weighted by molar-refractivity contribution is -0.117. The lowest BCUT2D eigenvalue weighted by atomic mass is 10.2. The summed E-state index contributed by atoms with van der Waals surface area (Å²) in [5.41, 5.74) is 5.79. The molecule has 15 heavy (non-hydrogen) atoms. The van der Waals surface area contributed by atoms with Crippen LogP contribution in [0.15, 0.2) is 18.2 Å². The zero-order valence-electron chi connectivity index (χ0n) is 8.23. The predicted octanol–water partition coefficient (Wildman–Crippen LogP) is 0.0628. The number of phenols is 2. The average Bonchev–Trinajstić information content (AvgIpc) is 2.18. The van der Waals surface area contributed by atoms with Gasteiger partial charge >= 0.3 is 0 Å². The van der Waals surface area contributed by atoms with Gasteiger partial charge in [0.05, 0.1) is 0 Å². The first-order valence-corrected chi connectivity index (χ1v) is 4.59. The third-order valence-electron chi connectivity index (χ3n) is 1.92. The summed E-state index contributed by atoms with van der Waals surface area (Å²) >= 11 is 0. The van der Waals surface area contributed by atoms with Crippen LogP contribution in [0.2, 0.25) is 0 Å². The number of nitrogens with two attached hydrogens (primary N) is 1. The van der Waals surface area contributed by atoms with Crippen molar-refractivity contribution in [2.75, 3.05) is 6.54 Å². The molecule has 5 nitrogen and oxygen atoms in total. The molecule has 0 aliphatic carbocycles. The van der Waals surface area contributed by atoms with Crippen LogP contribution in [0.25, 0.3) is 0 Å². The Labute approximate surface area is 87.5 Å². The van der Waals surface area contributed by atoms with Crippen molar-refractivity contribution in [1.29, 1.82) is 0 Å². The highest BCUT2D eigenvalue weighted by atomic mass is 16.3. The van der Waals surface area contributed by atoms with Crippen molar-refractivity contribution in [3.8, 4) is 11.5 Å². The Balaban J connectivity index is 2.38. The van der Waals surface area contributed by atoms with E-state index >= 15 is 0 Å². The molecule has 1 aromatic rings. The SMILES string of the molecule is NC(=O)CCNCc1ccc(O)c(O)c1. The number of carbonyl (C=O) groups excluding carboxylic acids is 1. The van der Waals surface area contributed by atoms with E-state index in [1.54, 1.807) is 6.07 Å². The molecule has 0 fully saturated rings. The maximum absolute atomic E-state index is 10.4. The highest BCUT2D eigenvalue weighted by Crippen LogP contribution is 2.24. The summed E-state index contributed by atoms with van der Waals surface area (Å²) in [5.74, 6) is -0.642. The lowest BCUT2D eigenvalue weighted by Crippen LogP contribution is -2.21. The van der Waals surface area contributed by atoms with Crippen LogP contribution in [0.5, 0.6) is 11.5 Å². The van der Waals surface area contributed by atoms with Gasteiger partial charge < -0.3 is 21.3 Å². The van der Waals surface area contributed by atoms with E-state index in [1.807, 2.05) is 0 Å². The number of rotatable bonds is 5. The monoisotopic (exact) mass is 210 g/mol. The summed E-state index contributed by atoms with van der Waals surface area (Å²) < 4.78 is 0. The lowest BCUT2D eigenvalue weighted by Gasteiger charge is -2.04. The van der Waals surface area contributed by atoms with Gasteiger partial charge in [-0.05, 0) is 17.7 Å². The van der Waals surface area contributed by atoms with Gasteiger partial charge in [-0.2, -0.15) is 0 Å². The molecule has 1 amide bonds. The van der Waals surface area contributed by atoms with Crippen molar-refractivity contribution in [2.45, 2.75) is 13.0 Å². The van der Waals surface area contributed by atoms with Crippen LogP contribution in [0, 0.1) is 0 Å². The number of primary amides is 1. The minimum atomic E-state index is -0.351. The maximum atomic E-state index is 10.4.